The summed E-state index contributed by atoms with van der Waals surface area (Å²) in [7, 11) is 0. The molecule has 28 heavy (non-hydrogen) atoms. The number of aliphatic hydroxyl groups is 1. The molecule has 5 heteroatoms. The number of allylic oxidation sites excluding steroid dienone is 1. The lowest BCUT2D eigenvalue weighted by Crippen LogP contribution is -2.48. The van der Waals surface area contributed by atoms with E-state index in [1.54, 1.807) is 25.1 Å². The Balaban J connectivity index is 2.24. The van der Waals surface area contributed by atoms with E-state index in [0.29, 0.717) is 11.3 Å². The molecule has 146 valence electrons. The Kier molecular flexibility index (Phi) is 5.47. The van der Waals surface area contributed by atoms with Gasteiger partial charge in [0.15, 0.2) is 5.78 Å². The number of anilines is 1. The van der Waals surface area contributed by atoms with Gasteiger partial charge in [-0.15, -0.1) is 0 Å². The minimum atomic E-state index is -1.44. The predicted molar refractivity (Wildman–Crippen MR) is 106 cm³/mol. The van der Waals surface area contributed by atoms with Gasteiger partial charge in [0.25, 0.3) is 0 Å². The number of hydrogen-bond donors (Lipinski definition) is 2. The molecular weight excluding hydrogens is 357 g/mol. The Bertz CT molecular complexity index is 934. The summed E-state index contributed by atoms with van der Waals surface area (Å²) in [5.41, 5.74) is 0.394. The lowest BCUT2D eigenvalue weighted by molar-refractivity contribution is -0.131. The molecule has 1 aliphatic carbocycles. The summed E-state index contributed by atoms with van der Waals surface area (Å²) >= 11 is 0. The van der Waals surface area contributed by atoms with E-state index >= 15 is 0 Å². The smallest absolute Gasteiger partial charge is 0.158 e. The number of para-hydroxylation sites is 1. The lowest BCUT2D eigenvalue weighted by atomic mass is 9.63. The second-order valence-electron chi connectivity index (χ2n) is 7.56. The summed E-state index contributed by atoms with van der Waals surface area (Å²) in [6.45, 7) is 4.35. The number of halogens is 1. The van der Waals surface area contributed by atoms with Gasteiger partial charge in [0, 0.05) is 29.3 Å². The van der Waals surface area contributed by atoms with Crippen molar-refractivity contribution in [2.45, 2.75) is 38.7 Å². The van der Waals surface area contributed by atoms with Crippen LogP contribution in [0.15, 0.2) is 65.9 Å². The van der Waals surface area contributed by atoms with Crippen LogP contribution in [0.5, 0.6) is 0 Å². The van der Waals surface area contributed by atoms with Gasteiger partial charge in [-0.25, -0.2) is 4.39 Å². The molecule has 0 aromatic heterocycles. The van der Waals surface area contributed by atoms with Crippen LogP contribution in [0.25, 0.3) is 0 Å². The first kappa shape index (κ1) is 20.0. The second kappa shape index (κ2) is 7.68. The van der Waals surface area contributed by atoms with Gasteiger partial charge in [-0.1, -0.05) is 36.4 Å². The summed E-state index contributed by atoms with van der Waals surface area (Å²) in [4.78, 5) is 25.2. The molecule has 0 saturated heterocycles. The summed E-state index contributed by atoms with van der Waals surface area (Å²) in [5, 5.41) is 14.4. The SMILES string of the molecule is CC(=O)C1=C(Nc2ccccc2)C[C@](C)(O)[C@@H](C(C)=O)[C@@H]1c1ccccc1F. The highest BCUT2D eigenvalue weighted by molar-refractivity contribution is 5.98. The Hall–Kier alpha value is -2.79. The van der Waals surface area contributed by atoms with Gasteiger partial charge in [-0.05, 0) is 44.5 Å². The quantitative estimate of drug-likeness (QED) is 0.814. The highest BCUT2D eigenvalue weighted by Crippen LogP contribution is 2.48. The van der Waals surface area contributed by atoms with Crippen molar-refractivity contribution in [3.63, 3.8) is 0 Å². The van der Waals surface area contributed by atoms with E-state index in [2.05, 4.69) is 5.32 Å². The van der Waals surface area contributed by atoms with E-state index in [0.717, 1.165) is 5.69 Å². The van der Waals surface area contributed by atoms with Crippen molar-refractivity contribution >= 4 is 17.3 Å². The molecule has 0 bridgehead atoms. The molecule has 0 saturated carbocycles. The predicted octanol–water partition coefficient (Wildman–Crippen LogP) is 4.22. The minimum absolute atomic E-state index is 0.0893. The standard InChI is InChI=1S/C23H24FNO3/c1-14(26)20-19(25-16-9-5-4-6-10-16)13-23(3,28)22(15(2)27)21(20)17-11-7-8-12-18(17)24/h4-12,21-22,25,28H,13H2,1-3H3/t21-,22+,23+/m1/s1. The van der Waals surface area contributed by atoms with E-state index in [4.69, 9.17) is 0 Å². The molecule has 3 atom stereocenters. The molecule has 0 amide bonds. The maximum Gasteiger partial charge on any atom is 0.158 e. The number of carbonyl (C=O) groups excluding carboxylic acids is 2. The van der Waals surface area contributed by atoms with Crippen molar-refractivity contribution in [1.82, 2.24) is 0 Å². The van der Waals surface area contributed by atoms with Crippen LogP contribution in [-0.2, 0) is 9.59 Å². The number of hydrogen-bond acceptors (Lipinski definition) is 4. The zero-order valence-electron chi connectivity index (χ0n) is 16.2. The van der Waals surface area contributed by atoms with Crippen molar-refractivity contribution in [3.05, 3.63) is 77.2 Å². The minimum Gasteiger partial charge on any atom is -0.389 e. The van der Waals surface area contributed by atoms with Crippen molar-refractivity contribution in [2.24, 2.45) is 5.92 Å². The molecule has 4 nitrogen and oxygen atoms in total. The lowest BCUT2D eigenvalue weighted by Gasteiger charge is -2.43. The third-order valence-electron chi connectivity index (χ3n) is 5.30. The monoisotopic (exact) mass is 381 g/mol. The maximum atomic E-state index is 14.7. The molecule has 2 N–H and O–H groups in total. The first-order valence-electron chi connectivity index (χ1n) is 9.25. The van der Waals surface area contributed by atoms with Gasteiger partial charge < -0.3 is 10.4 Å². The fourth-order valence-corrected chi connectivity index (χ4v) is 4.25. The largest absolute Gasteiger partial charge is 0.389 e. The summed E-state index contributed by atoms with van der Waals surface area (Å²) in [6, 6.07) is 15.4. The molecule has 2 aromatic carbocycles. The fraction of sp³-hybridized carbons (Fsp3) is 0.304. The number of nitrogens with one attached hydrogen (secondary N) is 1. The Morgan fingerprint density at radius 1 is 1.07 bits per heavy atom. The van der Waals surface area contributed by atoms with E-state index in [-0.39, 0.29) is 23.6 Å². The van der Waals surface area contributed by atoms with Gasteiger partial charge in [0.2, 0.25) is 0 Å². The third kappa shape index (κ3) is 3.76. The zero-order valence-corrected chi connectivity index (χ0v) is 16.2. The van der Waals surface area contributed by atoms with Crippen molar-refractivity contribution < 1.29 is 19.1 Å². The molecule has 0 spiro atoms. The number of benzene rings is 2. The van der Waals surface area contributed by atoms with Crippen LogP contribution in [0.2, 0.25) is 0 Å². The van der Waals surface area contributed by atoms with Gasteiger partial charge in [-0.2, -0.15) is 0 Å². The molecule has 0 unspecified atom stereocenters. The van der Waals surface area contributed by atoms with Gasteiger partial charge in [0.05, 0.1) is 11.5 Å². The van der Waals surface area contributed by atoms with Crippen molar-refractivity contribution in [3.8, 4) is 0 Å². The summed E-state index contributed by atoms with van der Waals surface area (Å²) in [5.74, 6) is -2.84. The molecular formula is C23H24FNO3. The third-order valence-corrected chi connectivity index (χ3v) is 5.30. The molecule has 2 aromatic rings. The number of Topliss-reactive ketones (excluding diaryl/α,β-unsaturated/α-hetero) is 2. The Morgan fingerprint density at radius 3 is 2.25 bits per heavy atom. The normalized spacial score (nSPS) is 24.8. The van der Waals surface area contributed by atoms with Gasteiger partial charge >= 0.3 is 0 Å². The van der Waals surface area contributed by atoms with Gasteiger partial charge in [-0.3, -0.25) is 9.59 Å². The van der Waals surface area contributed by atoms with Crippen LogP contribution in [0.4, 0.5) is 10.1 Å². The summed E-state index contributed by atoms with van der Waals surface area (Å²) < 4.78 is 14.7. The van der Waals surface area contributed by atoms with Crippen LogP contribution in [-0.4, -0.2) is 22.3 Å². The number of rotatable bonds is 5. The first-order chi connectivity index (χ1) is 13.2. The topological polar surface area (TPSA) is 66.4 Å². The average molecular weight is 381 g/mol. The number of ketones is 2. The molecule has 1 aliphatic rings. The highest BCUT2D eigenvalue weighted by Gasteiger charge is 2.49. The van der Waals surface area contributed by atoms with Crippen LogP contribution in [0, 0.1) is 11.7 Å². The van der Waals surface area contributed by atoms with Gasteiger partial charge in [0.1, 0.15) is 11.6 Å². The van der Waals surface area contributed by atoms with Crippen molar-refractivity contribution in [1.29, 1.82) is 0 Å². The summed E-state index contributed by atoms with van der Waals surface area (Å²) in [6.07, 6.45) is 0.0893. The van der Waals surface area contributed by atoms with E-state index < -0.39 is 23.3 Å². The highest BCUT2D eigenvalue weighted by atomic mass is 19.1. The van der Waals surface area contributed by atoms with E-state index in [1.807, 2.05) is 30.3 Å². The second-order valence-corrected chi connectivity index (χ2v) is 7.56. The average Bonchev–Trinajstić information content (AvgIpc) is 2.61. The van der Waals surface area contributed by atoms with Crippen LogP contribution < -0.4 is 5.32 Å². The Morgan fingerprint density at radius 2 is 1.68 bits per heavy atom. The molecule has 0 heterocycles. The maximum absolute atomic E-state index is 14.7. The molecule has 0 aliphatic heterocycles. The molecule has 3 rings (SSSR count). The first-order valence-corrected chi connectivity index (χ1v) is 9.25. The van der Waals surface area contributed by atoms with Crippen LogP contribution in [0.3, 0.4) is 0 Å². The van der Waals surface area contributed by atoms with E-state index in [9.17, 15) is 19.1 Å². The van der Waals surface area contributed by atoms with Crippen molar-refractivity contribution in [2.75, 3.05) is 5.32 Å². The van der Waals surface area contributed by atoms with Crippen LogP contribution >= 0.6 is 0 Å². The molecule has 0 fully saturated rings. The van der Waals surface area contributed by atoms with E-state index in [1.165, 1.54) is 19.9 Å². The number of carbonyl (C=O) groups is 2. The zero-order chi connectivity index (χ0) is 20.5. The van der Waals surface area contributed by atoms with Crippen LogP contribution in [0.1, 0.15) is 38.7 Å². The fourth-order valence-electron chi connectivity index (χ4n) is 4.25. The Labute approximate surface area is 164 Å². The molecule has 0 radical (unpaired) electrons.